The molecule has 84 valence electrons. The second-order valence-electron chi connectivity index (χ2n) is 4.68. The van der Waals surface area contributed by atoms with Gasteiger partial charge in [-0.3, -0.25) is 4.79 Å². The molecule has 1 fully saturated rings. The second-order valence-corrected chi connectivity index (χ2v) is 4.68. The average molecular weight is 208 g/mol. The molecule has 15 heavy (non-hydrogen) atoms. The smallest absolute Gasteiger partial charge is 0.223 e. The number of nitrogens with two attached hydrogens (primary N) is 1. The van der Waals surface area contributed by atoms with Crippen LogP contribution in [0.5, 0.6) is 0 Å². The fourth-order valence-electron chi connectivity index (χ4n) is 2.71. The first-order valence-electron chi connectivity index (χ1n) is 5.96. The lowest BCUT2D eigenvalue weighted by Crippen LogP contribution is -2.40. The van der Waals surface area contributed by atoms with E-state index in [1.54, 1.807) is 0 Å². The Labute approximate surface area is 91.1 Å². The number of hydrogen-bond acceptors (Lipinski definition) is 2. The molecule has 0 saturated heterocycles. The quantitative estimate of drug-likeness (QED) is 0.685. The van der Waals surface area contributed by atoms with Gasteiger partial charge in [0.05, 0.1) is 0 Å². The number of carbonyl (C=O) groups is 1. The van der Waals surface area contributed by atoms with E-state index < -0.39 is 0 Å². The molecule has 0 aromatic rings. The predicted molar refractivity (Wildman–Crippen MR) is 60.2 cm³/mol. The standard InChI is InChI=1S/C12H20N2O/c13-8-9-4-3-7-11(9)12(15)14-10-5-1-2-6-10/h1-2,9-11H,3-8,13H2,(H,14,15). The van der Waals surface area contributed by atoms with Gasteiger partial charge >= 0.3 is 0 Å². The van der Waals surface area contributed by atoms with Crippen molar-refractivity contribution in [2.45, 2.75) is 38.1 Å². The van der Waals surface area contributed by atoms with Crippen molar-refractivity contribution in [2.24, 2.45) is 17.6 Å². The van der Waals surface area contributed by atoms with E-state index in [-0.39, 0.29) is 11.8 Å². The minimum absolute atomic E-state index is 0.176. The van der Waals surface area contributed by atoms with Crippen LogP contribution in [0.1, 0.15) is 32.1 Å². The molecule has 0 heterocycles. The third-order valence-electron chi connectivity index (χ3n) is 3.65. The third-order valence-corrected chi connectivity index (χ3v) is 3.65. The van der Waals surface area contributed by atoms with Gasteiger partial charge in [-0.1, -0.05) is 18.6 Å². The van der Waals surface area contributed by atoms with Crippen LogP contribution in [0.3, 0.4) is 0 Å². The van der Waals surface area contributed by atoms with Gasteiger partial charge in [-0.15, -0.1) is 0 Å². The molecule has 0 aromatic carbocycles. The fourth-order valence-corrected chi connectivity index (χ4v) is 2.71. The SMILES string of the molecule is NCC1CCCC1C(=O)NC1CC=CC1. The number of amides is 1. The summed E-state index contributed by atoms with van der Waals surface area (Å²) in [7, 11) is 0. The summed E-state index contributed by atoms with van der Waals surface area (Å²) in [5.74, 6) is 0.826. The van der Waals surface area contributed by atoms with Gasteiger partial charge in [-0.25, -0.2) is 0 Å². The number of nitrogens with one attached hydrogen (secondary N) is 1. The maximum atomic E-state index is 12.0. The molecular weight excluding hydrogens is 188 g/mol. The molecule has 0 aliphatic heterocycles. The molecule has 2 aliphatic rings. The van der Waals surface area contributed by atoms with E-state index in [9.17, 15) is 4.79 Å². The van der Waals surface area contributed by atoms with Gasteiger partial charge in [0.1, 0.15) is 0 Å². The normalized spacial score (nSPS) is 31.0. The summed E-state index contributed by atoms with van der Waals surface area (Å²) in [5.41, 5.74) is 5.68. The van der Waals surface area contributed by atoms with Crippen LogP contribution in [-0.4, -0.2) is 18.5 Å². The number of carbonyl (C=O) groups excluding carboxylic acids is 1. The zero-order chi connectivity index (χ0) is 10.7. The van der Waals surface area contributed by atoms with Crippen LogP contribution in [0.2, 0.25) is 0 Å². The van der Waals surface area contributed by atoms with E-state index in [1.165, 1.54) is 0 Å². The van der Waals surface area contributed by atoms with E-state index in [2.05, 4.69) is 17.5 Å². The van der Waals surface area contributed by atoms with Crippen LogP contribution in [0, 0.1) is 11.8 Å². The van der Waals surface area contributed by atoms with Crippen LogP contribution in [0.25, 0.3) is 0 Å². The van der Waals surface area contributed by atoms with E-state index in [0.717, 1.165) is 32.1 Å². The highest BCUT2D eigenvalue weighted by atomic mass is 16.2. The van der Waals surface area contributed by atoms with Gasteiger partial charge in [0.25, 0.3) is 0 Å². The zero-order valence-corrected chi connectivity index (χ0v) is 9.11. The van der Waals surface area contributed by atoms with E-state index in [1.807, 2.05) is 0 Å². The molecule has 2 aliphatic carbocycles. The molecule has 0 aromatic heterocycles. The Kier molecular flexibility index (Phi) is 3.41. The first-order chi connectivity index (χ1) is 7.31. The van der Waals surface area contributed by atoms with Crippen LogP contribution >= 0.6 is 0 Å². The third kappa shape index (κ3) is 2.40. The van der Waals surface area contributed by atoms with Gasteiger partial charge in [-0.05, 0) is 38.1 Å². The van der Waals surface area contributed by atoms with E-state index in [4.69, 9.17) is 5.73 Å². The van der Waals surface area contributed by atoms with Crippen LogP contribution < -0.4 is 11.1 Å². The summed E-state index contributed by atoms with van der Waals surface area (Å²) >= 11 is 0. The Morgan fingerprint density at radius 1 is 1.33 bits per heavy atom. The monoisotopic (exact) mass is 208 g/mol. The minimum Gasteiger partial charge on any atom is -0.353 e. The molecule has 0 radical (unpaired) electrons. The molecular formula is C12H20N2O. The lowest BCUT2D eigenvalue weighted by atomic mass is 9.95. The van der Waals surface area contributed by atoms with Gasteiger partial charge < -0.3 is 11.1 Å². The summed E-state index contributed by atoms with van der Waals surface area (Å²) in [6, 6.07) is 0.344. The van der Waals surface area contributed by atoms with Crippen molar-refractivity contribution < 1.29 is 4.79 Å². The van der Waals surface area contributed by atoms with Crippen LogP contribution in [0.4, 0.5) is 0 Å². The molecule has 3 N–H and O–H groups in total. The van der Waals surface area contributed by atoms with Crippen molar-refractivity contribution in [1.82, 2.24) is 5.32 Å². The molecule has 2 rings (SSSR count). The maximum Gasteiger partial charge on any atom is 0.223 e. The molecule has 2 unspecified atom stereocenters. The first kappa shape index (κ1) is 10.7. The molecule has 3 heteroatoms. The predicted octanol–water partition coefficient (Wildman–Crippen LogP) is 1.20. The first-order valence-corrected chi connectivity index (χ1v) is 5.96. The molecule has 0 bridgehead atoms. The largest absolute Gasteiger partial charge is 0.353 e. The molecule has 0 spiro atoms. The zero-order valence-electron chi connectivity index (χ0n) is 9.11. The van der Waals surface area contributed by atoms with Crippen molar-refractivity contribution >= 4 is 5.91 Å². The Bertz CT molecular complexity index is 254. The lowest BCUT2D eigenvalue weighted by molar-refractivity contribution is -0.126. The highest BCUT2D eigenvalue weighted by Crippen LogP contribution is 2.31. The highest BCUT2D eigenvalue weighted by Gasteiger charge is 2.32. The van der Waals surface area contributed by atoms with Gasteiger partial charge in [0, 0.05) is 12.0 Å². The number of hydrogen-bond donors (Lipinski definition) is 2. The van der Waals surface area contributed by atoms with Crippen molar-refractivity contribution in [3.63, 3.8) is 0 Å². The number of rotatable bonds is 3. The summed E-state index contributed by atoms with van der Waals surface area (Å²) in [4.78, 5) is 12.0. The summed E-state index contributed by atoms with van der Waals surface area (Å²) in [6.07, 6.45) is 9.56. The topological polar surface area (TPSA) is 55.1 Å². The second kappa shape index (κ2) is 4.79. The average Bonchev–Trinajstić information content (AvgIpc) is 2.86. The Hall–Kier alpha value is -0.830. The Morgan fingerprint density at radius 2 is 2.07 bits per heavy atom. The van der Waals surface area contributed by atoms with Crippen molar-refractivity contribution in [3.05, 3.63) is 12.2 Å². The highest BCUT2D eigenvalue weighted by molar-refractivity contribution is 5.79. The fraction of sp³-hybridized carbons (Fsp3) is 0.750. The molecule has 2 atom stereocenters. The van der Waals surface area contributed by atoms with Crippen molar-refractivity contribution in [1.29, 1.82) is 0 Å². The summed E-state index contributed by atoms with van der Waals surface area (Å²) in [5, 5.41) is 3.13. The van der Waals surface area contributed by atoms with Crippen molar-refractivity contribution in [3.8, 4) is 0 Å². The van der Waals surface area contributed by atoms with E-state index in [0.29, 0.717) is 18.5 Å². The Morgan fingerprint density at radius 3 is 2.73 bits per heavy atom. The Balaban J connectivity index is 1.84. The summed E-state index contributed by atoms with van der Waals surface area (Å²) in [6.45, 7) is 0.654. The maximum absolute atomic E-state index is 12.0. The minimum atomic E-state index is 0.176. The van der Waals surface area contributed by atoms with Gasteiger partial charge in [0.15, 0.2) is 0 Å². The lowest BCUT2D eigenvalue weighted by Gasteiger charge is -2.20. The molecule has 1 saturated carbocycles. The van der Waals surface area contributed by atoms with Gasteiger partial charge in [0.2, 0.25) is 5.91 Å². The molecule has 1 amide bonds. The van der Waals surface area contributed by atoms with Gasteiger partial charge in [-0.2, -0.15) is 0 Å². The summed E-state index contributed by atoms with van der Waals surface area (Å²) < 4.78 is 0. The van der Waals surface area contributed by atoms with E-state index >= 15 is 0 Å². The van der Waals surface area contributed by atoms with Crippen LogP contribution in [-0.2, 0) is 4.79 Å². The van der Waals surface area contributed by atoms with Crippen LogP contribution in [0.15, 0.2) is 12.2 Å². The molecule has 3 nitrogen and oxygen atoms in total. The van der Waals surface area contributed by atoms with Crippen molar-refractivity contribution in [2.75, 3.05) is 6.54 Å².